The molecule has 156 valence electrons. The normalized spacial score (nSPS) is 24.6. The zero-order valence-corrected chi connectivity index (χ0v) is 17.2. The minimum atomic E-state index is -0.769. The van der Waals surface area contributed by atoms with Crippen molar-refractivity contribution in [2.75, 3.05) is 0 Å². The highest BCUT2D eigenvalue weighted by atomic mass is 16.4. The van der Waals surface area contributed by atoms with E-state index in [1.807, 2.05) is 19.9 Å². The summed E-state index contributed by atoms with van der Waals surface area (Å²) in [4.78, 5) is 22.8. The Kier molecular flexibility index (Phi) is 10.2. The molecule has 0 aliphatic heterocycles. The van der Waals surface area contributed by atoms with Crippen LogP contribution in [0.3, 0.4) is 0 Å². The van der Waals surface area contributed by atoms with Gasteiger partial charge in [-0.1, -0.05) is 65.0 Å². The molecule has 0 amide bonds. The molecule has 1 rings (SSSR count). The molecule has 1 fully saturated rings. The van der Waals surface area contributed by atoms with Gasteiger partial charge in [-0.3, -0.25) is 9.59 Å². The van der Waals surface area contributed by atoms with Gasteiger partial charge in [-0.05, 0) is 24.7 Å². The zero-order chi connectivity index (χ0) is 20.4. The molecule has 0 bridgehead atoms. The lowest BCUT2D eigenvalue weighted by molar-refractivity contribution is -0.137. The molecule has 1 aliphatic rings. The number of ketones is 1. The number of aliphatic hydroxyl groups excluding tert-OH is 2. The van der Waals surface area contributed by atoms with Crippen molar-refractivity contribution in [3.05, 3.63) is 12.2 Å². The van der Waals surface area contributed by atoms with Crippen molar-refractivity contribution in [1.29, 1.82) is 0 Å². The number of carboxylic acid groups (broad SMARTS) is 1. The Balaban J connectivity index is 2.55. The number of aliphatic carboxylic acids is 1. The van der Waals surface area contributed by atoms with E-state index < -0.39 is 18.2 Å². The van der Waals surface area contributed by atoms with Gasteiger partial charge in [-0.2, -0.15) is 0 Å². The molecular weight excluding hydrogens is 344 g/mol. The van der Waals surface area contributed by atoms with Gasteiger partial charge in [0.25, 0.3) is 0 Å². The van der Waals surface area contributed by atoms with Crippen LogP contribution in [-0.2, 0) is 9.59 Å². The minimum absolute atomic E-state index is 0.0995. The quantitative estimate of drug-likeness (QED) is 0.329. The van der Waals surface area contributed by atoms with Gasteiger partial charge in [-0.15, -0.1) is 0 Å². The predicted molar refractivity (Wildman–Crippen MR) is 106 cm³/mol. The van der Waals surface area contributed by atoms with Crippen LogP contribution >= 0.6 is 0 Å². The van der Waals surface area contributed by atoms with Crippen LogP contribution in [0.2, 0.25) is 0 Å². The van der Waals surface area contributed by atoms with Gasteiger partial charge in [0.2, 0.25) is 0 Å². The summed E-state index contributed by atoms with van der Waals surface area (Å²) in [6.07, 6.45) is 9.80. The molecule has 0 aromatic carbocycles. The lowest BCUT2D eigenvalue weighted by Gasteiger charge is -2.29. The van der Waals surface area contributed by atoms with Crippen molar-refractivity contribution in [3.63, 3.8) is 0 Å². The largest absolute Gasteiger partial charge is 0.481 e. The van der Waals surface area contributed by atoms with Crippen molar-refractivity contribution in [2.45, 2.75) is 97.2 Å². The highest BCUT2D eigenvalue weighted by Crippen LogP contribution is 2.35. The number of unbranched alkanes of at least 4 members (excludes halogenated alkanes) is 4. The molecule has 0 radical (unpaired) electrons. The predicted octanol–water partition coefficient (Wildman–Crippen LogP) is 4.11. The Morgan fingerprint density at radius 2 is 1.89 bits per heavy atom. The summed E-state index contributed by atoms with van der Waals surface area (Å²) >= 11 is 0. The number of aliphatic hydroxyl groups is 2. The minimum Gasteiger partial charge on any atom is -0.481 e. The molecule has 5 heteroatoms. The third-order valence-corrected chi connectivity index (χ3v) is 5.88. The number of hydrogen-bond donors (Lipinski definition) is 3. The maximum absolute atomic E-state index is 12.3. The van der Waals surface area contributed by atoms with Gasteiger partial charge in [0.05, 0.1) is 12.2 Å². The first kappa shape index (κ1) is 23.8. The number of carbonyl (C=O) groups is 2. The molecule has 4 atom stereocenters. The first-order chi connectivity index (χ1) is 12.7. The van der Waals surface area contributed by atoms with Crippen molar-refractivity contribution in [2.24, 2.45) is 17.3 Å². The second kappa shape index (κ2) is 11.6. The van der Waals surface area contributed by atoms with E-state index >= 15 is 0 Å². The lowest BCUT2D eigenvalue weighted by Crippen LogP contribution is -2.28. The molecule has 0 aromatic heterocycles. The average molecular weight is 383 g/mol. The first-order valence-electron chi connectivity index (χ1n) is 10.5. The van der Waals surface area contributed by atoms with Crippen LogP contribution < -0.4 is 0 Å². The topological polar surface area (TPSA) is 94.8 Å². The Bertz CT molecular complexity index is 497. The number of rotatable bonds is 13. The average Bonchev–Trinajstić information content (AvgIpc) is 2.86. The molecule has 0 heterocycles. The van der Waals surface area contributed by atoms with Gasteiger partial charge in [0, 0.05) is 24.7 Å². The molecule has 0 spiro atoms. The lowest BCUT2D eigenvalue weighted by atomic mass is 9.80. The van der Waals surface area contributed by atoms with E-state index in [1.54, 1.807) is 6.08 Å². The Labute approximate surface area is 163 Å². The Hall–Kier alpha value is -1.20. The molecule has 27 heavy (non-hydrogen) atoms. The fourth-order valence-corrected chi connectivity index (χ4v) is 3.86. The first-order valence-corrected chi connectivity index (χ1v) is 10.5. The fourth-order valence-electron chi connectivity index (χ4n) is 3.86. The van der Waals surface area contributed by atoms with Gasteiger partial charge >= 0.3 is 5.97 Å². The third kappa shape index (κ3) is 8.14. The van der Waals surface area contributed by atoms with E-state index in [0.29, 0.717) is 12.8 Å². The number of carbonyl (C=O) groups excluding carboxylic acids is 1. The summed E-state index contributed by atoms with van der Waals surface area (Å²) in [6.45, 7) is 6.22. The standard InChI is InChI=1S/C22H38O5/c1-4-5-14-22(2,3)20(25)13-12-17-16(18(23)15-19(17)24)10-8-6-7-9-11-21(26)27/h12-13,16-17,19-20,24-25H,4-11,14-15H2,1-3H3,(H,26,27)/b13-12+/t16-,17-,19?,20?/m1/s1. The number of Topliss-reactive ketones (excluding diaryl/α,β-unsaturated/α-hetero) is 1. The van der Waals surface area contributed by atoms with Crippen LogP contribution in [0.1, 0.15) is 85.0 Å². The Morgan fingerprint density at radius 3 is 2.52 bits per heavy atom. The third-order valence-electron chi connectivity index (χ3n) is 5.88. The number of carboxylic acids is 1. The van der Waals surface area contributed by atoms with E-state index in [1.165, 1.54) is 0 Å². The maximum atomic E-state index is 12.3. The second-order valence-corrected chi connectivity index (χ2v) is 8.69. The van der Waals surface area contributed by atoms with E-state index in [4.69, 9.17) is 5.11 Å². The van der Waals surface area contributed by atoms with Crippen LogP contribution in [0, 0.1) is 17.3 Å². The molecule has 1 saturated carbocycles. The van der Waals surface area contributed by atoms with Crippen LogP contribution in [0.25, 0.3) is 0 Å². The van der Waals surface area contributed by atoms with Crippen molar-refractivity contribution >= 4 is 11.8 Å². The van der Waals surface area contributed by atoms with E-state index in [-0.39, 0.29) is 35.9 Å². The van der Waals surface area contributed by atoms with E-state index in [9.17, 15) is 19.8 Å². The molecule has 0 aromatic rings. The summed E-state index contributed by atoms with van der Waals surface area (Å²) in [5.41, 5.74) is -0.223. The molecular formula is C22H38O5. The van der Waals surface area contributed by atoms with Gasteiger partial charge in [0.1, 0.15) is 5.78 Å². The van der Waals surface area contributed by atoms with Gasteiger partial charge < -0.3 is 15.3 Å². The highest BCUT2D eigenvalue weighted by molar-refractivity contribution is 5.84. The van der Waals surface area contributed by atoms with Crippen LogP contribution in [0.4, 0.5) is 0 Å². The highest BCUT2D eigenvalue weighted by Gasteiger charge is 2.39. The molecule has 3 N–H and O–H groups in total. The van der Waals surface area contributed by atoms with E-state index in [0.717, 1.165) is 38.5 Å². The Morgan fingerprint density at radius 1 is 1.22 bits per heavy atom. The second-order valence-electron chi connectivity index (χ2n) is 8.69. The summed E-state index contributed by atoms with van der Waals surface area (Å²) in [5, 5.41) is 29.4. The summed E-state index contributed by atoms with van der Waals surface area (Å²) in [6, 6.07) is 0. The van der Waals surface area contributed by atoms with Crippen molar-refractivity contribution in [3.8, 4) is 0 Å². The molecule has 5 nitrogen and oxygen atoms in total. The van der Waals surface area contributed by atoms with Crippen LogP contribution in [0.15, 0.2) is 12.2 Å². The number of hydrogen-bond acceptors (Lipinski definition) is 4. The van der Waals surface area contributed by atoms with Gasteiger partial charge in [0.15, 0.2) is 0 Å². The summed E-state index contributed by atoms with van der Waals surface area (Å²) in [5.74, 6) is -1.09. The SMILES string of the molecule is CCCCC(C)(C)C(O)/C=C/[C@H]1C(O)CC(=O)[C@@H]1CCCCCCC(=O)O. The molecule has 1 aliphatic carbocycles. The van der Waals surface area contributed by atoms with E-state index in [2.05, 4.69) is 6.92 Å². The van der Waals surface area contributed by atoms with Gasteiger partial charge in [-0.25, -0.2) is 0 Å². The zero-order valence-electron chi connectivity index (χ0n) is 17.2. The monoisotopic (exact) mass is 382 g/mol. The van der Waals surface area contributed by atoms with Crippen LogP contribution in [0.5, 0.6) is 0 Å². The smallest absolute Gasteiger partial charge is 0.303 e. The fraction of sp³-hybridized carbons (Fsp3) is 0.818. The molecule has 0 saturated heterocycles. The maximum Gasteiger partial charge on any atom is 0.303 e. The molecule has 2 unspecified atom stereocenters. The summed E-state index contributed by atoms with van der Waals surface area (Å²) < 4.78 is 0. The van der Waals surface area contributed by atoms with Crippen molar-refractivity contribution in [1.82, 2.24) is 0 Å². The summed E-state index contributed by atoms with van der Waals surface area (Å²) in [7, 11) is 0. The van der Waals surface area contributed by atoms with Crippen molar-refractivity contribution < 1.29 is 24.9 Å². The van der Waals surface area contributed by atoms with Crippen LogP contribution in [-0.4, -0.2) is 39.3 Å².